The van der Waals surface area contributed by atoms with Crippen LogP contribution in [0.1, 0.15) is 68.5 Å². The van der Waals surface area contributed by atoms with E-state index < -0.39 is 0 Å². The zero-order valence-corrected chi connectivity index (χ0v) is 18.0. The number of hydrogen-bond donors (Lipinski definition) is 0. The number of carbonyl (C=O) groups excluding carboxylic acids is 1. The van der Waals surface area contributed by atoms with Crippen molar-refractivity contribution in [1.29, 1.82) is 0 Å². The minimum atomic E-state index is 0.218. The van der Waals surface area contributed by atoms with Gasteiger partial charge in [0, 0.05) is 30.2 Å². The Morgan fingerprint density at radius 2 is 1.60 bits per heavy atom. The van der Waals surface area contributed by atoms with E-state index in [0.717, 1.165) is 38.8 Å². The maximum atomic E-state index is 13.8. The third-order valence-corrected chi connectivity index (χ3v) is 7.55. The van der Waals surface area contributed by atoms with E-state index >= 15 is 0 Å². The second kappa shape index (κ2) is 8.93. The van der Waals surface area contributed by atoms with Crippen LogP contribution in [0.2, 0.25) is 0 Å². The number of amides is 1. The van der Waals surface area contributed by atoms with Crippen LogP contribution in [-0.4, -0.2) is 29.9 Å². The van der Waals surface area contributed by atoms with Gasteiger partial charge in [0.2, 0.25) is 5.91 Å². The van der Waals surface area contributed by atoms with Crippen molar-refractivity contribution in [3.8, 4) is 0 Å². The van der Waals surface area contributed by atoms with Crippen molar-refractivity contribution in [1.82, 2.24) is 4.90 Å². The molecule has 5 rings (SSSR count). The van der Waals surface area contributed by atoms with Crippen LogP contribution in [0.5, 0.6) is 0 Å². The lowest BCUT2D eigenvalue weighted by Gasteiger charge is -2.42. The summed E-state index contributed by atoms with van der Waals surface area (Å²) in [4.78, 5) is 18.6. The standard InChI is InChI=1S/C27H34N2O/c30-27(23-13-5-2-6-14-23)29-24(18-17-22-12-7-8-15-26(22)29)20-28-19-9-16-25(28)21-10-3-1-4-11-21/h1,3-4,7-8,10-12,15,23-25H,2,5-6,9,13-14,16-20H2. The van der Waals surface area contributed by atoms with E-state index in [1.165, 1.54) is 48.9 Å². The fourth-order valence-corrected chi connectivity index (χ4v) is 5.99. The molecule has 1 amide bonds. The smallest absolute Gasteiger partial charge is 0.230 e. The number of aryl methyl sites for hydroxylation is 1. The van der Waals surface area contributed by atoms with Crippen molar-refractivity contribution >= 4 is 11.6 Å². The van der Waals surface area contributed by atoms with E-state index in [1.54, 1.807) is 0 Å². The third-order valence-electron chi connectivity index (χ3n) is 7.55. The van der Waals surface area contributed by atoms with E-state index in [2.05, 4.69) is 64.4 Å². The van der Waals surface area contributed by atoms with E-state index in [4.69, 9.17) is 0 Å². The van der Waals surface area contributed by atoms with Crippen LogP contribution in [0.3, 0.4) is 0 Å². The Bertz CT molecular complexity index is 858. The number of likely N-dealkylation sites (tertiary alicyclic amines) is 1. The summed E-state index contributed by atoms with van der Waals surface area (Å²) in [5.41, 5.74) is 3.95. The first-order valence-corrected chi connectivity index (χ1v) is 12.0. The fraction of sp³-hybridized carbons (Fsp3) is 0.519. The van der Waals surface area contributed by atoms with Crippen LogP contribution < -0.4 is 4.90 Å². The van der Waals surface area contributed by atoms with Gasteiger partial charge in [-0.25, -0.2) is 0 Å². The van der Waals surface area contributed by atoms with E-state index in [0.29, 0.717) is 18.0 Å². The van der Waals surface area contributed by atoms with E-state index in [-0.39, 0.29) is 5.92 Å². The van der Waals surface area contributed by atoms with E-state index in [1.807, 2.05) is 0 Å². The van der Waals surface area contributed by atoms with Gasteiger partial charge in [-0.2, -0.15) is 0 Å². The minimum absolute atomic E-state index is 0.218. The first-order chi connectivity index (χ1) is 14.8. The summed E-state index contributed by atoms with van der Waals surface area (Å²) in [5.74, 6) is 0.609. The van der Waals surface area contributed by atoms with Crippen molar-refractivity contribution in [3.05, 3.63) is 65.7 Å². The first-order valence-electron chi connectivity index (χ1n) is 12.0. The van der Waals surface area contributed by atoms with E-state index in [9.17, 15) is 4.79 Å². The van der Waals surface area contributed by atoms with Crippen LogP contribution in [0, 0.1) is 5.92 Å². The summed E-state index contributed by atoms with van der Waals surface area (Å²) < 4.78 is 0. The molecule has 2 unspecified atom stereocenters. The zero-order valence-electron chi connectivity index (χ0n) is 18.0. The molecule has 3 nitrogen and oxygen atoms in total. The molecule has 0 aromatic heterocycles. The van der Waals surface area contributed by atoms with Crippen LogP contribution in [0.25, 0.3) is 0 Å². The Morgan fingerprint density at radius 1 is 0.833 bits per heavy atom. The topological polar surface area (TPSA) is 23.6 Å². The number of benzene rings is 2. The molecule has 0 radical (unpaired) electrons. The number of anilines is 1. The Balaban J connectivity index is 1.40. The molecular weight excluding hydrogens is 368 g/mol. The normalized spacial score (nSPS) is 25.3. The lowest BCUT2D eigenvalue weighted by molar-refractivity contribution is -0.124. The highest BCUT2D eigenvalue weighted by molar-refractivity contribution is 5.97. The van der Waals surface area contributed by atoms with Crippen LogP contribution >= 0.6 is 0 Å². The molecule has 2 atom stereocenters. The van der Waals surface area contributed by atoms with Gasteiger partial charge in [0.25, 0.3) is 0 Å². The maximum Gasteiger partial charge on any atom is 0.230 e. The number of carbonyl (C=O) groups is 1. The van der Waals surface area contributed by atoms with Gasteiger partial charge < -0.3 is 4.90 Å². The van der Waals surface area contributed by atoms with Gasteiger partial charge in [0.15, 0.2) is 0 Å². The molecule has 2 aliphatic heterocycles. The largest absolute Gasteiger partial charge is 0.308 e. The number of rotatable bonds is 4. The molecule has 3 heteroatoms. The highest BCUT2D eigenvalue weighted by Gasteiger charge is 2.37. The number of fused-ring (bicyclic) bond motifs is 1. The number of nitrogens with zero attached hydrogens (tertiary/aromatic N) is 2. The molecule has 2 aromatic rings. The van der Waals surface area contributed by atoms with Crippen molar-refractivity contribution in [2.45, 2.75) is 69.9 Å². The molecule has 1 saturated heterocycles. The van der Waals surface area contributed by atoms with Gasteiger partial charge in [-0.1, -0.05) is 67.8 Å². The average molecular weight is 403 g/mol. The van der Waals surface area contributed by atoms with Crippen LogP contribution in [-0.2, 0) is 11.2 Å². The van der Waals surface area contributed by atoms with Gasteiger partial charge in [-0.05, 0) is 62.3 Å². The molecule has 158 valence electrons. The quantitative estimate of drug-likeness (QED) is 0.650. The predicted octanol–water partition coefficient (Wildman–Crippen LogP) is 5.75. The summed E-state index contributed by atoms with van der Waals surface area (Å²) in [6, 6.07) is 20.4. The second-order valence-corrected chi connectivity index (χ2v) is 9.43. The molecule has 2 aromatic carbocycles. The van der Waals surface area contributed by atoms with Crippen molar-refractivity contribution in [3.63, 3.8) is 0 Å². The molecule has 0 N–H and O–H groups in total. The minimum Gasteiger partial charge on any atom is -0.308 e. The third kappa shape index (κ3) is 3.92. The Morgan fingerprint density at radius 3 is 2.43 bits per heavy atom. The molecule has 30 heavy (non-hydrogen) atoms. The molecular formula is C27H34N2O. The second-order valence-electron chi connectivity index (χ2n) is 9.43. The number of hydrogen-bond acceptors (Lipinski definition) is 2. The fourth-order valence-electron chi connectivity index (χ4n) is 5.99. The van der Waals surface area contributed by atoms with Crippen molar-refractivity contribution in [2.24, 2.45) is 5.92 Å². The highest BCUT2D eigenvalue weighted by atomic mass is 16.2. The van der Waals surface area contributed by atoms with Gasteiger partial charge in [-0.15, -0.1) is 0 Å². The summed E-state index contributed by atoms with van der Waals surface area (Å²) in [6.07, 6.45) is 10.5. The Labute approximate surface area is 181 Å². The zero-order chi connectivity index (χ0) is 20.3. The van der Waals surface area contributed by atoms with Crippen LogP contribution in [0.4, 0.5) is 5.69 Å². The van der Waals surface area contributed by atoms with Crippen molar-refractivity contribution in [2.75, 3.05) is 18.0 Å². The average Bonchev–Trinajstić information content (AvgIpc) is 3.28. The Hall–Kier alpha value is -2.13. The molecule has 1 aliphatic carbocycles. The lowest BCUT2D eigenvalue weighted by Crippen LogP contribution is -2.51. The molecule has 2 heterocycles. The maximum absolute atomic E-state index is 13.8. The van der Waals surface area contributed by atoms with Gasteiger partial charge in [0.1, 0.15) is 0 Å². The summed E-state index contributed by atoms with van der Waals surface area (Å²) >= 11 is 0. The Kier molecular flexibility index (Phi) is 5.90. The summed E-state index contributed by atoms with van der Waals surface area (Å²) in [6.45, 7) is 2.13. The summed E-state index contributed by atoms with van der Waals surface area (Å²) in [7, 11) is 0. The summed E-state index contributed by atoms with van der Waals surface area (Å²) in [5, 5.41) is 0. The molecule has 1 saturated carbocycles. The van der Waals surface area contributed by atoms with Gasteiger partial charge in [0.05, 0.1) is 0 Å². The SMILES string of the molecule is O=C(C1CCCCC1)N1c2ccccc2CCC1CN1CCCC1c1ccccc1. The van der Waals surface area contributed by atoms with Gasteiger partial charge in [-0.3, -0.25) is 9.69 Å². The van der Waals surface area contributed by atoms with Crippen LogP contribution in [0.15, 0.2) is 54.6 Å². The highest BCUT2D eigenvalue weighted by Crippen LogP contribution is 2.38. The molecule has 0 bridgehead atoms. The van der Waals surface area contributed by atoms with Gasteiger partial charge >= 0.3 is 0 Å². The number of para-hydroxylation sites is 1. The monoisotopic (exact) mass is 402 g/mol. The first kappa shape index (κ1) is 19.8. The predicted molar refractivity (Wildman–Crippen MR) is 123 cm³/mol. The lowest BCUT2D eigenvalue weighted by atomic mass is 9.86. The molecule has 2 fully saturated rings. The molecule has 0 spiro atoms. The molecule has 3 aliphatic rings. The van der Waals surface area contributed by atoms with Crippen molar-refractivity contribution < 1.29 is 4.79 Å².